The zero-order valence-electron chi connectivity index (χ0n) is 10.5. The molecule has 0 aliphatic carbocycles. The van der Waals surface area contributed by atoms with Crippen LogP contribution in [0, 0.1) is 5.92 Å². The number of nitrogens with two attached hydrogens (primary N) is 1. The largest absolute Gasteiger partial charge is 0.352 e. The van der Waals surface area contributed by atoms with Crippen LogP contribution in [0.2, 0.25) is 0 Å². The summed E-state index contributed by atoms with van der Waals surface area (Å²) in [6.07, 6.45) is 4.68. The third-order valence-corrected chi connectivity index (χ3v) is 2.49. The van der Waals surface area contributed by atoms with Crippen LogP contribution in [0.3, 0.4) is 0 Å². The zero-order valence-corrected chi connectivity index (χ0v) is 10.5. The molecule has 0 bridgehead atoms. The molecule has 94 valence electrons. The molecule has 1 amide bonds. The molecule has 4 nitrogen and oxygen atoms in total. The molecule has 1 aromatic heterocycles. The number of nitrogens with zero attached hydrogens (tertiary/aromatic N) is 1. The number of nitrogens with one attached hydrogen (secondary N) is 1. The molecule has 0 fully saturated rings. The fraction of sp³-hybridized carbons (Fsp3) is 0.538. The molecule has 0 aromatic carbocycles. The van der Waals surface area contributed by atoms with Crippen LogP contribution in [0.15, 0.2) is 24.5 Å². The minimum absolute atomic E-state index is 0.00843. The molecular weight excluding hydrogens is 214 g/mol. The normalized spacial score (nSPS) is 12.5. The number of carbonyl (C=O) groups excluding carboxylic acids is 1. The first-order valence-electron chi connectivity index (χ1n) is 6.00. The Morgan fingerprint density at radius 2 is 2.29 bits per heavy atom. The van der Waals surface area contributed by atoms with Gasteiger partial charge in [0.25, 0.3) is 0 Å². The lowest BCUT2D eigenvalue weighted by Gasteiger charge is -2.18. The molecule has 1 unspecified atom stereocenters. The van der Waals surface area contributed by atoms with Gasteiger partial charge in [-0.2, -0.15) is 0 Å². The summed E-state index contributed by atoms with van der Waals surface area (Å²) in [7, 11) is 0. The van der Waals surface area contributed by atoms with Crippen LogP contribution in [-0.2, 0) is 11.2 Å². The van der Waals surface area contributed by atoms with E-state index in [9.17, 15) is 4.79 Å². The highest BCUT2D eigenvalue weighted by Gasteiger charge is 2.12. The number of aromatic nitrogens is 1. The van der Waals surface area contributed by atoms with Crippen molar-refractivity contribution in [3.63, 3.8) is 0 Å². The van der Waals surface area contributed by atoms with Crippen molar-refractivity contribution >= 4 is 5.91 Å². The summed E-state index contributed by atoms with van der Waals surface area (Å²) in [5.74, 6) is 0.538. The Bertz CT molecular complexity index is 338. The van der Waals surface area contributed by atoms with Crippen LogP contribution in [-0.4, -0.2) is 23.5 Å². The van der Waals surface area contributed by atoms with Gasteiger partial charge >= 0.3 is 0 Å². The van der Waals surface area contributed by atoms with Gasteiger partial charge in [-0.1, -0.05) is 19.9 Å². The SMILES string of the molecule is CC(C)CC(CN)NC(=O)Cc1cccnc1. The maximum atomic E-state index is 11.8. The lowest BCUT2D eigenvalue weighted by Crippen LogP contribution is -2.41. The van der Waals surface area contributed by atoms with E-state index in [1.807, 2.05) is 12.1 Å². The highest BCUT2D eigenvalue weighted by molar-refractivity contribution is 5.78. The number of rotatable bonds is 6. The summed E-state index contributed by atoms with van der Waals surface area (Å²) >= 11 is 0. The Kier molecular flexibility index (Phi) is 5.63. The number of hydrogen-bond acceptors (Lipinski definition) is 3. The molecule has 0 aliphatic heterocycles. The van der Waals surface area contributed by atoms with Gasteiger partial charge in [0, 0.05) is 25.0 Å². The third-order valence-electron chi connectivity index (χ3n) is 2.49. The summed E-state index contributed by atoms with van der Waals surface area (Å²) < 4.78 is 0. The minimum atomic E-state index is 0.00843. The standard InChI is InChI=1S/C13H21N3O/c1-10(2)6-12(8-14)16-13(17)7-11-4-3-5-15-9-11/h3-5,9-10,12H,6-8,14H2,1-2H3,(H,16,17). The predicted octanol–water partition coefficient (Wildman–Crippen LogP) is 1.11. The molecule has 3 N–H and O–H groups in total. The van der Waals surface area contributed by atoms with Crippen molar-refractivity contribution in [1.29, 1.82) is 0 Å². The van der Waals surface area contributed by atoms with E-state index in [1.54, 1.807) is 12.4 Å². The Labute approximate surface area is 103 Å². The highest BCUT2D eigenvalue weighted by atomic mass is 16.1. The highest BCUT2D eigenvalue weighted by Crippen LogP contribution is 2.04. The van der Waals surface area contributed by atoms with Crippen LogP contribution in [0.5, 0.6) is 0 Å². The first kappa shape index (κ1) is 13.6. The molecule has 4 heteroatoms. The summed E-state index contributed by atoms with van der Waals surface area (Å²) in [5.41, 5.74) is 6.56. The minimum Gasteiger partial charge on any atom is -0.352 e. The van der Waals surface area contributed by atoms with E-state index >= 15 is 0 Å². The van der Waals surface area contributed by atoms with Gasteiger partial charge in [0.2, 0.25) is 5.91 Å². The van der Waals surface area contributed by atoms with E-state index in [0.717, 1.165) is 12.0 Å². The molecule has 0 saturated carbocycles. The summed E-state index contributed by atoms with van der Waals surface area (Å²) in [6.45, 7) is 4.73. The topological polar surface area (TPSA) is 68.0 Å². The maximum absolute atomic E-state index is 11.8. The molecule has 1 atom stereocenters. The Hall–Kier alpha value is -1.42. The van der Waals surface area contributed by atoms with Crippen LogP contribution >= 0.6 is 0 Å². The van der Waals surface area contributed by atoms with Gasteiger partial charge in [-0.05, 0) is 24.0 Å². The first-order valence-corrected chi connectivity index (χ1v) is 6.00. The van der Waals surface area contributed by atoms with Gasteiger partial charge in [0.15, 0.2) is 0 Å². The zero-order chi connectivity index (χ0) is 12.7. The maximum Gasteiger partial charge on any atom is 0.224 e. The van der Waals surface area contributed by atoms with E-state index in [4.69, 9.17) is 5.73 Å². The molecule has 0 spiro atoms. The smallest absolute Gasteiger partial charge is 0.224 e. The predicted molar refractivity (Wildman–Crippen MR) is 68.4 cm³/mol. The van der Waals surface area contributed by atoms with Gasteiger partial charge in [0.05, 0.1) is 6.42 Å². The molecule has 17 heavy (non-hydrogen) atoms. The average molecular weight is 235 g/mol. The fourth-order valence-corrected chi connectivity index (χ4v) is 1.75. The van der Waals surface area contributed by atoms with E-state index in [2.05, 4.69) is 24.1 Å². The molecular formula is C13H21N3O. The van der Waals surface area contributed by atoms with Gasteiger partial charge < -0.3 is 11.1 Å². The van der Waals surface area contributed by atoms with Gasteiger partial charge in [-0.15, -0.1) is 0 Å². The average Bonchev–Trinajstić information content (AvgIpc) is 2.28. The summed E-state index contributed by atoms with van der Waals surface area (Å²) in [4.78, 5) is 15.7. The van der Waals surface area contributed by atoms with Crippen molar-refractivity contribution in [2.75, 3.05) is 6.54 Å². The number of pyridine rings is 1. The molecule has 0 saturated heterocycles. The first-order chi connectivity index (χ1) is 8.11. The molecule has 1 aromatic rings. The number of hydrogen-bond donors (Lipinski definition) is 2. The van der Waals surface area contributed by atoms with Gasteiger partial charge in [0.1, 0.15) is 0 Å². The van der Waals surface area contributed by atoms with E-state index in [1.165, 1.54) is 0 Å². The Balaban J connectivity index is 2.43. The van der Waals surface area contributed by atoms with Crippen molar-refractivity contribution < 1.29 is 4.79 Å². The van der Waals surface area contributed by atoms with Crippen molar-refractivity contribution in [2.45, 2.75) is 32.7 Å². The Morgan fingerprint density at radius 3 is 2.82 bits per heavy atom. The molecule has 1 heterocycles. The number of carbonyl (C=O) groups is 1. The van der Waals surface area contributed by atoms with E-state index in [0.29, 0.717) is 18.9 Å². The van der Waals surface area contributed by atoms with Crippen LogP contribution in [0.4, 0.5) is 0 Å². The van der Waals surface area contributed by atoms with E-state index in [-0.39, 0.29) is 11.9 Å². The van der Waals surface area contributed by atoms with Crippen molar-refractivity contribution in [3.05, 3.63) is 30.1 Å². The quantitative estimate of drug-likeness (QED) is 0.776. The van der Waals surface area contributed by atoms with Gasteiger partial charge in [-0.3, -0.25) is 9.78 Å². The molecule has 1 rings (SSSR count). The van der Waals surface area contributed by atoms with Crippen LogP contribution in [0.1, 0.15) is 25.8 Å². The number of amides is 1. The van der Waals surface area contributed by atoms with Crippen LogP contribution < -0.4 is 11.1 Å². The summed E-state index contributed by atoms with van der Waals surface area (Å²) in [6, 6.07) is 3.79. The van der Waals surface area contributed by atoms with Gasteiger partial charge in [-0.25, -0.2) is 0 Å². The monoisotopic (exact) mass is 235 g/mol. The lowest BCUT2D eigenvalue weighted by atomic mass is 10.0. The molecule has 0 aliphatic rings. The second kappa shape index (κ2) is 7.01. The fourth-order valence-electron chi connectivity index (χ4n) is 1.75. The second-order valence-electron chi connectivity index (χ2n) is 4.67. The second-order valence-corrected chi connectivity index (χ2v) is 4.67. The van der Waals surface area contributed by atoms with Crippen molar-refractivity contribution in [3.8, 4) is 0 Å². The van der Waals surface area contributed by atoms with Crippen molar-refractivity contribution in [1.82, 2.24) is 10.3 Å². The van der Waals surface area contributed by atoms with Crippen LogP contribution in [0.25, 0.3) is 0 Å². The Morgan fingerprint density at radius 1 is 1.53 bits per heavy atom. The lowest BCUT2D eigenvalue weighted by molar-refractivity contribution is -0.121. The molecule has 0 radical (unpaired) electrons. The van der Waals surface area contributed by atoms with Crippen molar-refractivity contribution in [2.24, 2.45) is 11.7 Å². The third kappa shape index (κ3) is 5.45. The van der Waals surface area contributed by atoms with E-state index < -0.39 is 0 Å². The summed E-state index contributed by atoms with van der Waals surface area (Å²) in [5, 5.41) is 2.95.